The lowest BCUT2D eigenvalue weighted by Gasteiger charge is -2.59. The Morgan fingerprint density at radius 2 is 1.91 bits per heavy atom. The van der Waals surface area contributed by atoms with Crippen molar-refractivity contribution >= 4 is 17.3 Å². The van der Waals surface area contributed by atoms with Crippen molar-refractivity contribution in [2.75, 3.05) is 18.9 Å². The summed E-state index contributed by atoms with van der Waals surface area (Å²) in [4.78, 5) is 26.0. The molecule has 2 aromatic carbocycles. The van der Waals surface area contributed by atoms with E-state index in [-0.39, 0.29) is 29.3 Å². The van der Waals surface area contributed by atoms with E-state index in [0.29, 0.717) is 25.9 Å². The first-order valence-corrected chi connectivity index (χ1v) is 16.3. The molecule has 0 amide bonds. The van der Waals surface area contributed by atoms with Gasteiger partial charge >= 0.3 is 0 Å². The molecule has 8 nitrogen and oxygen atoms in total. The average Bonchev–Trinajstić information content (AvgIpc) is 3.73. The normalized spacial score (nSPS) is 39.3. The molecule has 45 heavy (non-hydrogen) atoms. The first-order chi connectivity index (χ1) is 21.6. The van der Waals surface area contributed by atoms with Gasteiger partial charge in [-0.1, -0.05) is 55.8 Å². The van der Waals surface area contributed by atoms with Gasteiger partial charge in [0.2, 0.25) is 0 Å². The molecule has 0 spiro atoms. The number of rotatable bonds is 5. The lowest BCUT2D eigenvalue weighted by Crippen LogP contribution is -2.63. The van der Waals surface area contributed by atoms with E-state index >= 15 is 0 Å². The minimum atomic E-state index is -1.36. The maximum atomic E-state index is 13.8. The summed E-state index contributed by atoms with van der Waals surface area (Å²) in [6.07, 6.45) is 7.46. The van der Waals surface area contributed by atoms with Crippen LogP contribution in [0.25, 0.3) is 0 Å². The van der Waals surface area contributed by atoms with Crippen LogP contribution in [0.5, 0.6) is 5.75 Å². The van der Waals surface area contributed by atoms with Crippen LogP contribution >= 0.6 is 0 Å². The van der Waals surface area contributed by atoms with Gasteiger partial charge in [0.1, 0.15) is 12.4 Å². The van der Waals surface area contributed by atoms with Gasteiger partial charge in [-0.15, -0.1) is 0 Å². The summed E-state index contributed by atoms with van der Waals surface area (Å²) < 4.78 is 19.2. The number of hydrogen-bond acceptors (Lipinski definition) is 8. The van der Waals surface area contributed by atoms with Gasteiger partial charge in [-0.25, -0.2) is 0 Å². The van der Waals surface area contributed by atoms with E-state index in [1.807, 2.05) is 42.5 Å². The van der Waals surface area contributed by atoms with Crippen LogP contribution < -0.4 is 10.5 Å². The second-order valence-electron chi connectivity index (χ2n) is 14.5. The standard InChI is InChI=1S/C37H41NO7/c1-35-13-11-24(40)16-23(35)8-9-25-27-17-31-37(30(42)19-39,36(27,2)18-29(41)32(25)35)45-34(44-31)21-5-3-20(4-6-21)15-22-7-10-28(38)26-12-14-43-33(22)26/h3-7,10-11,13,16,25,27,29,31-32,34,39,41H,8-9,12,14-15,17-19,38H2,1-2H3/t25-,27-,29-,31+,32+,34+,35-,36-,37+/m0/s1. The fraction of sp³-hybridized carbons (Fsp3) is 0.514. The number of ether oxygens (including phenoxy) is 3. The third-order valence-corrected chi connectivity index (χ3v) is 12.4. The summed E-state index contributed by atoms with van der Waals surface area (Å²) in [5, 5.41) is 22.1. The second-order valence-corrected chi connectivity index (χ2v) is 14.5. The molecule has 1 saturated heterocycles. The molecule has 0 unspecified atom stereocenters. The Hall–Kier alpha value is -3.30. The van der Waals surface area contributed by atoms with Gasteiger partial charge in [-0.2, -0.15) is 0 Å². The number of fused-ring (bicyclic) bond motifs is 8. The largest absolute Gasteiger partial charge is 0.493 e. The molecule has 8 rings (SSSR count). The molecule has 9 atom stereocenters. The minimum absolute atomic E-state index is 0.00241. The Morgan fingerprint density at radius 1 is 1.11 bits per heavy atom. The van der Waals surface area contributed by atoms with Crippen molar-refractivity contribution in [1.82, 2.24) is 0 Å². The monoisotopic (exact) mass is 611 g/mol. The molecule has 4 N–H and O–H groups in total. The number of aliphatic hydroxyl groups excluding tert-OH is 2. The topological polar surface area (TPSA) is 128 Å². The Kier molecular flexibility index (Phi) is 6.54. The van der Waals surface area contributed by atoms with E-state index in [0.717, 1.165) is 58.5 Å². The third-order valence-electron chi connectivity index (χ3n) is 12.4. The molecule has 2 aromatic rings. The van der Waals surface area contributed by atoms with Crippen molar-refractivity contribution in [3.63, 3.8) is 0 Å². The molecule has 6 aliphatic rings. The summed E-state index contributed by atoms with van der Waals surface area (Å²) in [5.41, 5.74) is 9.60. The van der Waals surface area contributed by atoms with E-state index in [1.165, 1.54) is 0 Å². The highest BCUT2D eigenvalue weighted by atomic mass is 16.7. The van der Waals surface area contributed by atoms with Gasteiger partial charge in [-0.05, 0) is 66.9 Å². The van der Waals surface area contributed by atoms with Crippen molar-refractivity contribution in [3.05, 3.63) is 82.5 Å². The molecular formula is C37H41NO7. The molecule has 0 radical (unpaired) electrons. The van der Waals surface area contributed by atoms with E-state index in [1.54, 1.807) is 12.2 Å². The van der Waals surface area contributed by atoms with Crippen LogP contribution in [-0.2, 0) is 31.9 Å². The van der Waals surface area contributed by atoms with E-state index in [9.17, 15) is 19.8 Å². The lowest BCUT2D eigenvalue weighted by molar-refractivity contribution is -0.201. The Bertz CT molecular complexity index is 1650. The minimum Gasteiger partial charge on any atom is -0.493 e. The number of Topliss-reactive ketones (excluding diaryl/α,β-unsaturated/α-hetero) is 1. The molecule has 3 saturated carbocycles. The molecule has 2 aliphatic heterocycles. The van der Waals surface area contributed by atoms with Crippen LogP contribution in [0.15, 0.2) is 60.2 Å². The maximum Gasteiger partial charge on any atom is 0.193 e. The molecule has 0 aromatic heterocycles. The first kappa shape index (κ1) is 29.1. The van der Waals surface area contributed by atoms with Crippen molar-refractivity contribution in [2.24, 2.45) is 28.6 Å². The Labute approximate surface area is 263 Å². The molecule has 236 valence electrons. The Morgan fingerprint density at radius 3 is 2.69 bits per heavy atom. The number of nitrogen functional groups attached to an aromatic ring is 1. The van der Waals surface area contributed by atoms with E-state index < -0.39 is 41.5 Å². The van der Waals surface area contributed by atoms with Crippen LogP contribution in [0.4, 0.5) is 5.69 Å². The highest BCUT2D eigenvalue weighted by Gasteiger charge is 2.75. The SMILES string of the molecule is C[C@]12C=CC(=O)C=C1CC[C@@H]1[C@@H]2[C@@H](O)C[C@@]2(C)[C@H]1C[C@H]1O[C@@H](c3ccc(Cc4ccc(N)c5c4OCC5)cc3)O[C@]12C(=O)CO. The zero-order valence-electron chi connectivity index (χ0n) is 25.8. The van der Waals surface area contributed by atoms with Crippen molar-refractivity contribution < 1.29 is 34.0 Å². The molecular weight excluding hydrogens is 570 g/mol. The smallest absolute Gasteiger partial charge is 0.193 e. The quantitative estimate of drug-likeness (QED) is 0.425. The van der Waals surface area contributed by atoms with Gasteiger partial charge in [0, 0.05) is 46.4 Å². The van der Waals surface area contributed by atoms with Crippen molar-refractivity contribution in [1.29, 1.82) is 0 Å². The summed E-state index contributed by atoms with van der Waals surface area (Å²) >= 11 is 0. The predicted molar refractivity (Wildman–Crippen MR) is 166 cm³/mol. The predicted octanol–water partition coefficient (Wildman–Crippen LogP) is 4.40. The van der Waals surface area contributed by atoms with Gasteiger partial charge in [0.15, 0.2) is 23.5 Å². The lowest BCUT2D eigenvalue weighted by atomic mass is 9.46. The van der Waals surface area contributed by atoms with Gasteiger partial charge in [0.25, 0.3) is 0 Å². The molecule has 4 aliphatic carbocycles. The number of anilines is 1. The fourth-order valence-electron chi connectivity index (χ4n) is 10.4. The number of allylic oxidation sites excluding steroid dienone is 4. The number of benzene rings is 2. The summed E-state index contributed by atoms with van der Waals surface area (Å²) in [7, 11) is 0. The van der Waals surface area contributed by atoms with E-state index in [2.05, 4.69) is 13.8 Å². The Balaban J connectivity index is 1.07. The molecule has 2 heterocycles. The van der Waals surface area contributed by atoms with Crippen molar-refractivity contribution in [2.45, 2.75) is 76.5 Å². The highest BCUT2D eigenvalue weighted by molar-refractivity contribution is 6.01. The molecule has 4 fully saturated rings. The first-order valence-electron chi connectivity index (χ1n) is 16.3. The van der Waals surface area contributed by atoms with Gasteiger partial charge in [0.05, 0.1) is 18.8 Å². The van der Waals surface area contributed by atoms with E-state index in [4.69, 9.17) is 19.9 Å². The number of carbonyl (C=O) groups is 2. The molecule has 8 heteroatoms. The zero-order valence-corrected chi connectivity index (χ0v) is 25.8. The maximum absolute atomic E-state index is 13.8. The zero-order chi connectivity index (χ0) is 31.3. The fourth-order valence-corrected chi connectivity index (χ4v) is 10.4. The van der Waals surface area contributed by atoms with Gasteiger partial charge < -0.3 is 30.2 Å². The number of hydrogen-bond donors (Lipinski definition) is 3. The second kappa shape index (κ2) is 10.1. The van der Waals surface area contributed by atoms with Crippen LogP contribution in [0, 0.1) is 28.6 Å². The number of carbonyl (C=O) groups excluding carboxylic acids is 2. The van der Waals surface area contributed by atoms with Crippen LogP contribution in [-0.4, -0.2) is 52.8 Å². The number of ketones is 2. The summed E-state index contributed by atoms with van der Waals surface area (Å²) in [6.45, 7) is 4.19. The van der Waals surface area contributed by atoms with Crippen LogP contribution in [0.1, 0.15) is 68.1 Å². The number of aliphatic hydroxyl groups is 2. The van der Waals surface area contributed by atoms with Crippen LogP contribution in [0.3, 0.4) is 0 Å². The van der Waals surface area contributed by atoms with Crippen LogP contribution in [0.2, 0.25) is 0 Å². The highest BCUT2D eigenvalue weighted by Crippen LogP contribution is 2.70. The van der Waals surface area contributed by atoms with Gasteiger partial charge in [-0.3, -0.25) is 9.59 Å². The average molecular weight is 612 g/mol. The number of nitrogens with two attached hydrogens (primary N) is 1. The summed E-state index contributed by atoms with van der Waals surface area (Å²) in [5.74, 6) is 0.619. The molecule has 0 bridgehead atoms. The van der Waals surface area contributed by atoms with Crippen molar-refractivity contribution in [3.8, 4) is 5.75 Å². The summed E-state index contributed by atoms with van der Waals surface area (Å²) in [6, 6.07) is 12.0. The third kappa shape index (κ3) is 3.98.